The van der Waals surface area contributed by atoms with Gasteiger partial charge in [0.1, 0.15) is 24.2 Å². The lowest BCUT2D eigenvalue weighted by atomic mass is 9.94. The minimum atomic E-state index is -2.68. The molecule has 3 heterocycles. The van der Waals surface area contributed by atoms with Crippen molar-refractivity contribution in [3.63, 3.8) is 0 Å². The summed E-state index contributed by atoms with van der Waals surface area (Å²) in [7, 11) is -2.68. The van der Waals surface area contributed by atoms with Gasteiger partial charge in [0.25, 0.3) is 5.91 Å². The predicted octanol–water partition coefficient (Wildman–Crippen LogP) is 9.15. The average molecular weight is 787 g/mol. The molecule has 0 fully saturated rings. The Kier molecular flexibility index (Phi) is 13.9. The van der Waals surface area contributed by atoms with E-state index in [2.05, 4.69) is 36.1 Å². The van der Waals surface area contributed by atoms with Gasteiger partial charge in [-0.15, -0.1) is 17.9 Å². The molecule has 0 unspecified atom stereocenters. The highest BCUT2D eigenvalue weighted by Gasteiger charge is 2.24. The fourth-order valence-corrected chi connectivity index (χ4v) is 6.98. The molecular formula is C45H45BF2N4O4S. The van der Waals surface area contributed by atoms with Crippen LogP contribution in [0.15, 0.2) is 144 Å². The lowest BCUT2D eigenvalue weighted by Gasteiger charge is -2.28. The smallest absolute Gasteiger partial charge is 0.491 e. The molecule has 292 valence electrons. The van der Waals surface area contributed by atoms with Gasteiger partial charge in [-0.1, -0.05) is 60.7 Å². The van der Waals surface area contributed by atoms with Crippen LogP contribution in [0.1, 0.15) is 36.2 Å². The van der Waals surface area contributed by atoms with Crippen LogP contribution >= 0.6 is 11.3 Å². The molecule has 57 heavy (non-hydrogen) atoms. The van der Waals surface area contributed by atoms with Crippen LogP contribution in [-0.2, 0) is 17.6 Å². The molecule has 0 saturated carbocycles. The van der Waals surface area contributed by atoms with Crippen molar-refractivity contribution in [1.29, 1.82) is 0 Å². The number of amides is 1. The number of aromatic nitrogens is 1. The van der Waals surface area contributed by atoms with E-state index in [9.17, 15) is 18.5 Å². The SMILES string of the molecule is C=CCc1ccccc1OC[C@@H](O)CNC(C)(C)Cc1ccc(NC(=O)COc2ccc(/C=C/C3=NC(=C\c4ccc(-c5cccs5)n4B(F)F)/C=C3)cc2)cc1. The maximum Gasteiger partial charge on any atom is 0.678 e. The third-order valence-corrected chi connectivity index (χ3v) is 9.95. The summed E-state index contributed by atoms with van der Waals surface area (Å²) in [6.07, 6.45) is 11.6. The fraction of sp³-hybridized carbons (Fsp3) is 0.200. The summed E-state index contributed by atoms with van der Waals surface area (Å²) in [6.45, 7) is 8.35. The van der Waals surface area contributed by atoms with E-state index >= 15 is 0 Å². The Morgan fingerprint density at radius 3 is 2.51 bits per heavy atom. The Hall–Kier alpha value is -5.82. The summed E-state index contributed by atoms with van der Waals surface area (Å²) >= 11 is 1.42. The van der Waals surface area contributed by atoms with Gasteiger partial charge in [0, 0.05) is 28.3 Å². The largest absolute Gasteiger partial charge is 0.678 e. The lowest BCUT2D eigenvalue weighted by molar-refractivity contribution is -0.118. The van der Waals surface area contributed by atoms with Crippen molar-refractivity contribution in [2.24, 2.45) is 4.99 Å². The molecule has 0 saturated heterocycles. The highest BCUT2D eigenvalue weighted by atomic mass is 32.1. The Balaban J connectivity index is 0.920. The lowest BCUT2D eigenvalue weighted by Crippen LogP contribution is -2.46. The zero-order valence-electron chi connectivity index (χ0n) is 31.9. The molecule has 5 aromatic rings. The van der Waals surface area contributed by atoms with Gasteiger partial charge in [-0.3, -0.25) is 13.4 Å². The number of hydrogen-bond acceptors (Lipinski definition) is 7. The summed E-state index contributed by atoms with van der Waals surface area (Å²) in [5.41, 5.74) is 5.51. The Labute approximate surface area is 336 Å². The van der Waals surface area contributed by atoms with Crippen molar-refractivity contribution in [1.82, 2.24) is 9.79 Å². The number of anilines is 1. The van der Waals surface area contributed by atoms with Crippen molar-refractivity contribution in [3.8, 4) is 22.1 Å². The quantitative estimate of drug-likeness (QED) is 0.0574. The van der Waals surface area contributed by atoms with E-state index in [1.54, 1.807) is 36.4 Å². The third-order valence-electron chi connectivity index (χ3n) is 9.06. The number of allylic oxidation sites excluding steroid dienone is 4. The van der Waals surface area contributed by atoms with Crippen molar-refractivity contribution in [2.75, 3.05) is 25.1 Å². The number of β-amino-alcohol motifs (C(OH)–C–C–N with tert-alkyl or cyclic N) is 1. The number of thiophene rings is 1. The fourth-order valence-electron chi connectivity index (χ4n) is 6.23. The Bertz CT molecular complexity index is 2250. The Morgan fingerprint density at radius 1 is 0.982 bits per heavy atom. The normalized spacial score (nSPS) is 13.8. The average Bonchev–Trinajstić information content (AvgIpc) is 3.99. The number of para-hydroxylation sites is 1. The number of aliphatic imine (C=N–C) groups is 1. The highest BCUT2D eigenvalue weighted by Crippen LogP contribution is 2.29. The van der Waals surface area contributed by atoms with Gasteiger partial charge in [0.15, 0.2) is 6.61 Å². The number of aliphatic hydroxyl groups excluding tert-OH is 1. The number of aliphatic hydroxyl groups is 1. The van der Waals surface area contributed by atoms with Crippen molar-refractivity contribution < 1.29 is 28.0 Å². The number of ether oxygens (including phenoxy) is 2. The van der Waals surface area contributed by atoms with E-state index in [1.165, 1.54) is 11.3 Å². The summed E-state index contributed by atoms with van der Waals surface area (Å²) in [5, 5.41) is 18.7. The zero-order valence-corrected chi connectivity index (χ0v) is 32.7. The van der Waals surface area contributed by atoms with E-state index in [0.717, 1.165) is 31.8 Å². The first kappa shape index (κ1) is 40.8. The topological polar surface area (TPSA) is 97.1 Å². The molecule has 0 radical (unpaired) electrons. The molecule has 3 N–H and O–H groups in total. The van der Waals surface area contributed by atoms with Crippen molar-refractivity contribution in [3.05, 3.63) is 161 Å². The molecule has 2 aromatic heterocycles. The molecular weight excluding hydrogens is 741 g/mol. The number of halogens is 2. The van der Waals surface area contributed by atoms with Gasteiger partial charge in [0.05, 0.1) is 17.1 Å². The summed E-state index contributed by atoms with van der Waals surface area (Å²) in [5.74, 6) is 1.02. The van der Waals surface area contributed by atoms with Crippen LogP contribution in [0.2, 0.25) is 0 Å². The van der Waals surface area contributed by atoms with E-state index in [-0.39, 0.29) is 24.7 Å². The van der Waals surface area contributed by atoms with Crippen LogP contribution in [0.3, 0.4) is 0 Å². The maximum atomic E-state index is 14.0. The van der Waals surface area contributed by atoms with E-state index in [4.69, 9.17) is 9.47 Å². The number of nitrogens with zero attached hydrogens (tertiary/aromatic N) is 2. The third kappa shape index (κ3) is 11.8. The van der Waals surface area contributed by atoms with Gasteiger partial charge in [-0.05, 0) is 122 Å². The van der Waals surface area contributed by atoms with Crippen molar-refractivity contribution in [2.45, 2.75) is 38.3 Å². The van der Waals surface area contributed by atoms with Crippen LogP contribution < -0.4 is 20.1 Å². The second kappa shape index (κ2) is 19.4. The van der Waals surface area contributed by atoms with Crippen LogP contribution in [-0.4, -0.2) is 60.0 Å². The number of hydrogen-bond donors (Lipinski definition) is 3. The Morgan fingerprint density at radius 2 is 1.77 bits per heavy atom. The van der Waals surface area contributed by atoms with Gasteiger partial charge in [-0.25, -0.2) is 4.99 Å². The number of rotatable bonds is 19. The molecule has 0 bridgehead atoms. The van der Waals surface area contributed by atoms with Gasteiger partial charge < -0.3 is 29.7 Å². The van der Waals surface area contributed by atoms with Crippen LogP contribution in [0.4, 0.5) is 14.3 Å². The predicted molar refractivity (Wildman–Crippen MR) is 229 cm³/mol. The summed E-state index contributed by atoms with van der Waals surface area (Å²) in [4.78, 5) is 18.0. The monoisotopic (exact) mass is 786 g/mol. The van der Waals surface area contributed by atoms with Gasteiger partial charge in [0.2, 0.25) is 0 Å². The van der Waals surface area contributed by atoms with E-state index in [0.29, 0.717) is 53.6 Å². The molecule has 8 nitrogen and oxygen atoms in total. The number of carbonyl (C=O) groups is 1. The molecule has 1 atom stereocenters. The molecule has 0 aliphatic carbocycles. The number of benzene rings is 3. The van der Waals surface area contributed by atoms with Gasteiger partial charge >= 0.3 is 7.40 Å². The zero-order chi connectivity index (χ0) is 40.2. The van der Waals surface area contributed by atoms with Crippen LogP contribution in [0.25, 0.3) is 22.7 Å². The molecule has 1 aliphatic heterocycles. The van der Waals surface area contributed by atoms with Gasteiger partial charge in [-0.2, -0.15) is 0 Å². The highest BCUT2D eigenvalue weighted by molar-refractivity contribution is 7.13. The van der Waals surface area contributed by atoms with E-state index in [1.807, 2.05) is 102 Å². The molecule has 6 rings (SSSR count). The first-order valence-corrected chi connectivity index (χ1v) is 19.5. The second-order valence-electron chi connectivity index (χ2n) is 14.2. The minimum Gasteiger partial charge on any atom is -0.491 e. The number of carbonyl (C=O) groups excluding carboxylic acids is 1. The summed E-state index contributed by atoms with van der Waals surface area (Å²) in [6, 6.07) is 29.8. The molecule has 0 spiro atoms. The standard InChI is InChI=1S/C45H45BF2N4O4S/c1-4-8-34-9-5-6-10-42(34)56-30-39(53)29-49-45(2,3)28-33-13-18-36(19-14-33)51-44(54)31-55-40-23-15-32(16-24-40)12-17-35-20-21-37(50-35)27-38-22-25-41(52(38)46(47)48)43-11-7-26-57-43/h4-7,9-27,39,49,53H,1,8,28-31H2,2-3H3,(H,51,54)/b17-12+,37-27-/t39-/m0/s1. The first-order valence-electron chi connectivity index (χ1n) is 18.6. The molecule has 1 aliphatic rings. The molecule has 12 heteroatoms. The van der Waals surface area contributed by atoms with E-state index < -0.39 is 13.5 Å². The minimum absolute atomic E-state index is 0.153. The molecule has 3 aromatic carbocycles. The second-order valence-corrected chi connectivity index (χ2v) is 15.1. The first-order chi connectivity index (χ1) is 27.5. The van der Waals surface area contributed by atoms with Crippen LogP contribution in [0, 0.1) is 0 Å². The van der Waals surface area contributed by atoms with Crippen LogP contribution in [0.5, 0.6) is 11.5 Å². The van der Waals surface area contributed by atoms with Crippen molar-refractivity contribution >= 4 is 48.2 Å². The number of nitrogens with one attached hydrogen (secondary N) is 2. The molecule has 1 amide bonds. The summed E-state index contributed by atoms with van der Waals surface area (Å²) < 4.78 is 40.5. The maximum absolute atomic E-state index is 14.0.